The first-order valence-electron chi connectivity index (χ1n) is 9.08. The molecule has 1 aliphatic rings. The van der Waals surface area contributed by atoms with Gasteiger partial charge in [-0.25, -0.2) is 9.97 Å². The van der Waals surface area contributed by atoms with Crippen LogP contribution in [0.15, 0.2) is 30.3 Å². The Morgan fingerprint density at radius 3 is 2.59 bits per heavy atom. The van der Waals surface area contributed by atoms with Crippen LogP contribution in [0.1, 0.15) is 59.1 Å². The zero-order valence-electron chi connectivity index (χ0n) is 15.5. The van der Waals surface area contributed by atoms with Crippen molar-refractivity contribution in [3.8, 4) is 0 Å². The van der Waals surface area contributed by atoms with E-state index >= 15 is 0 Å². The monoisotopic (exact) mass is 386 g/mol. The molecule has 6 nitrogen and oxygen atoms in total. The fourth-order valence-corrected chi connectivity index (χ4v) is 3.40. The van der Waals surface area contributed by atoms with Crippen molar-refractivity contribution in [3.05, 3.63) is 52.3 Å². The number of halogens is 1. The fraction of sp³-hybridized carbons (Fsp3) is 0.400. The first-order valence-corrected chi connectivity index (χ1v) is 9.46. The highest BCUT2D eigenvalue weighted by Crippen LogP contribution is 2.24. The van der Waals surface area contributed by atoms with Crippen LogP contribution in [0.2, 0.25) is 5.02 Å². The number of nitrogens with zero attached hydrogens (tertiary/aromatic N) is 3. The van der Waals surface area contributed by atoms with Gasteiger partial charge in [0.25, 0.3) is 5.91 Å². The van der Waals surface area contributed by atoms with Gasteiger partial charge in [-0.1, -0.05) is 25.4 Å². The Morgan fingerprint density at radius 1 is 1.22 bits per heavy atom. The number of benzene rings is 1. The molecule has 142 valence electrons. The van der Waals surface area contributed by atoms with Gasteiger partial charge in [0, 0.05) is 35.3 Å². The van der Waals surface area contributed by atoms with Crippen LogP contribution in [0.4, 0.5) is 5.95 Å². The SMILES string of the molecule is CC(C)c1cc(C(=O)N2CCC[C@@H](C(=O)c3ccc(Cl)cc3)C2)nc(N)n1. The number of nitrogens with two attached hydrogens (primary N) is 1. The second kappa shape index (κ2) is 8.05. The van der Waals surface area contributed by atoms with Gasteiger partial charge in [0.05, 0.1) is 0 Å². The van der Waals surface area contributed by atoms with Gasteiger partial charge in [-0.3, -0.25) is 9.59 Å². The minimum absolute atomic E-state index is 0.0363. The van der Waals surface area contributed by atoms with Gasteiger partial charge >= 0.3 is 0 Å². The van der Waals surface area contributed by atoms with Crippen molar-refractivity contribution in [2.75, 3.05) is 18.8 Å². The minimum atomic E-state index is -0.229. The zero-order valence-corrected chi connectivity index (χ0v) is 16.2. The Bertz CT molecular complexity index is 852. The molecule has 0 bridgehead atoms. The molecule has 1 saturated heterocycles. The number of Topliss-reactive ketones (excluding diaryl/α,β-unsaturated/α-hetero) is 1. The summed E-state index contributed by atoms with van der Waals surface area (Å²) >= 11 is 5.90. The van der Waals surface area contributed by atoms with E-state index in [9.17, 15) is 9.59 Å². The third-order valence-electron chi connectivity index (χ3n) is 4.78. The summed E-state index contributed by atoms with van der Waals surface area (Å²) in [5.41, 5.74) is 7.40. The van der Waals surface area contributed by atoms with Crippen LogP contribution < -0.4 is 5.73 Å². The number of piperidine rings is 1. The molecule has 1 amide bonds. The third-order valence-corrected chi connectivity index (χ3v) is 5.03. The second-order valence-corrected chi connectivity index (χ2v) is 7.59. The number of carbonyl (C=O) groups is 2. The molecule has 0 unspecified atom stereocenters. The number of likely N-dealkylation sites (tertiary alicyclic amines) is 1. The predicted octanol–water partition coefficient (Wildman–Crippen LogP) is 3.57. The quantitative estimate of drug-likeness (QED) is 0.811. The lowest BCUT2D eigenvalue weighted by Crippen LogP contribution is -2.42. The summed E-state index contributed by atoms with van der Waals surface area (Å²) in [6.45, 7) is 4.95. The summed E-state index contributed by atoms with van der Waals surface area (Å²) in [4.78, 5) is 35.7. The number of carbonyl (C=O) groups excluding carboxylic acids is 2. The summed E-state index contributed by atoms with van der Waals surface area (Å²) in [6, 6.07) is 8.56. The lowest BCUT2D eigenvalue weighted by Gasteiger charge is -2.32. The first-order chi connectivity index (χ1) is 12.8. The lowest BCUT2D eigenvalue weighted by atomic mass is 9.90. The van der Waals surface area contributed by atoms with Crippen molar-refractivity contribution in [1.82, 2.24) is 14.9 Å². The van der Waals surface area contributed by atoms with E-state index in [0.717, 1.165) is 18.5 Å². The minimum Gasteiger partial charge on any atom is -0.368 e. The number of anilines is 1. The van der Waals surface area contributed by atoms with Gasteiger partial charge in [0.1, 0.15) is 5.69 Å². The summed E-state index contributed by atoms with van der Waals surface area (Å²) < 4.78 is 0. The average molecular weight is 387 g/mol. The van der Waals surface area contributed by atoms with Crippen molar-refractivity contribution < 1.29 is 9.59 Å². The van der Waals surface area contributed by atoms with E-state index in [2.05, 4.69) is 9.97 Å². The third kappa shape index (κ3) is 4.45. The Balaban J connectivity index is 1.77. The van der Waals surface area contributed by atoms with Crippen LogP contribution in [-0.2, 0) is 0 Å². The van der Waals surface area contributed by atoms with E-state index in [0.29, 0.717) is 23.7 Å². The van der Waals surface area contributed by atoms with Gasteiger partial charge in [-0.05, 0) is 49.1 Å². The van der Waals surface area contributed by atoms with Crippen LogP contribution in [-0.4, -0.2) is 39.6 Å². The van der Waals surface area contributed by atoms with E-state index in [1.165, 1.54) is 0 Å². The number of nitrogen functional groups attached to an aromatic ring is 1. The smallest absolute Gasteiger partial charge is 0.272 e. The van der Waals surface area contributed by atoms with Crippen molar-refractivity contribution in [2.45, 2.75) is 32.6 Å². The fourth-order valence-electron chi connectivity index (χ4n) is 3.28. The van der Waals surface area contributed by atoms with Gasteiger partial charge in [-0.2, -0.15) is 0 Å². The molecule has 1 aromatic carbocycles. The number of ketones is 1. The lowest BCUT2D eigenvalue weighted by molar-refractivity contribution is 0.0632. The van der Waals surface area contributed by atoms with Crippen LogP contribution in [0.25, 0.3) is 0 Å². The maximum Gasteiger partial charge on any atom is 0.272 e. The predicted molar refractivity (Wildman–Crippen MR) is 105 cm³/mol. The van der Waals surface area contributed by atoms with Crippen LogP contribution >= 0.6 is 11.6 Å². The van der Waals surface area contributed by atoms with E-state index in [4.69, 9.17) is 17.3 Å². The molecule has 1 atom stereocenters. The highest BCUT2D eigenvalue weighted by Gasteiger charge is 2.30. The van der Waals surface area contributed by atoms with Gasteiger partial charge in [0.15, 0.2) is 5.78 Å². The Hall–Kier alpha value is -2.47. The zero-order chi connectivity index (χ0) is 19.6. The summed E-state index contributed by atoms with van der Waals surface area (Å²) in [5.74, 6) is -0.167. The molecule has 7 heteroatoms. The largest absolute Gasteiger partial charge is 0.368 e. The molecular formula is C20H23ClN4O2. The summed E-state index contributed by atoms with van der Waals surface area (Å²) in [7, 11) is 0. The highest BCUT2D eigenvalue weighted by atomic mass is 35.5. The van der Waals surface area contributed by atoms with E-state index in [1.54, 1.807) is 35.2 Å². The maximum absolute atomic E-state index is 12.9. The number of aromatic nitrogens is 2. The van der Waals surface area contributed by atoms with E-state index in [-0.39, 0.29) is 35.2 Å². The molecule has 2 N–H and O–H groups in total. The standard InChI is InChI=1S/C20H23ClN4O2/c1-12(2)16-10-17(24-20(22)23-16)19(27)25-9-3-4-14(11-25)18(26)13-5-7-15(21)8-6-13/h5-8,10,12,14H,3-4,9,11H2,1-2H3,(H2,22,23,24)/t14-/m1/s1. The topological polar surface area (TPSA) is 89.2 Å². The van der Waals surface area contributed by atoms with Gasteiger partial charge in [0.2, 0.25) is 5.95 Å². The Morgan fingerprint density at radius 2 is 1.93 bits per heavy atom. The molecule has 27 heavy (non-hydrogen) atoms. The normalized spacial score (nSPS) is 17.2. The summed E-state index contributed by atoms with van der Waals surface area (Å²) in [5, 5.41) is 0.592. The van der Waals surface area contributed by atoms with Crippen molar-refractivity contribution in [3.63, 3.8) is 0 Å². The first kappa shape index (κ1) is 19.3. The molecule has 0 saturated carbocycles. The van der Waals surface area contributed by atoms with Crippen molar-refractivity contribution in [1.29, 1.82) is 0 Å². The van der Waals surface area contributed by atoms with Crippen molar-refractivity contribution >= 4 is 29.2 Å². The second-order valence-electron chi connectivity index (χ2n) is 7.15. The number of amides is 1. The summed E-state index contributed by atoms with van der Waals surface area (Å²) in [6.07, 6.45) is 1.53. The molecular weight excluding hydrogens is 364 g/mol. The molecule has 3 rings (SSSR count). The number of hydrogen-bond acceptors (Lipinski definition) is 5. The van der Waals surface area contributed by atoms with E-state index in [1.807, 2.05) is 13.8 Å². The Kier molecular flexibility index (Phi) is 5.75. The molecule has 0 aliphatic carbocycles. The van der Waals surface area contributed by atoms with E-state index < -0.39 is 0 Å². The number of hydrogen-bond donors (Lipinski definition) is 1. The molecule has 0 spiro atoms. The average Bonchev–Trinajstić information content (AvgIpc) is 2.67. The molecule has 1 fully saturated rings. The molecule has 2 aromatic rings. The molecule has 1 aromatic heterocycles. The van der Waals surface area contributed by atoms with Crippen molar-refractivity contribution in [2.24, 2.45) is 5.92 Å². The van der Waals surface area contributed by atoms with Crippen LogP contribution in [0.5, 0.6) is 0 Å². The number of rotatable bonds is 4. The molecule has 0 radical (unpaired) electrons. The van der Waals surface area contributed by atoms with Gasteiger partial charge in [-0.15, -0.1) is 0 Å². The Labute approximate surface area is 163 Å². The molecule has 2 heterocycles. The maximum atomic E-state index is 12.9. The highest BCUT2D eigenvalue weighted by molar-refractivity contribution is 6.30. The molecule has 1 aliphatic heterocycles. The van der Waals surface area contributed by atoms with Crippen LogP contribution in [0, 0.1) is 5.92 Å². The van der Waals surface area contributed by atoms with Crippen LogP contribution in [0.3, 0.4) is 0 Å². The van der Waals surface area contributed by atoms with Gasteiger partial charge < -0.3 is 10.6 Å².